The number of benzene rings is 1. The van der Waals surface area contributed by atoms with Crippen LogP contribution in [0.3, 0.4) is 0 Å². The lowest BCUT2D eigenvalue weighted by Crippen LogP contribution is -2.51. The third kappa shape index (κ3) is 6.32. The summed E-state index contributed by atoms with van der Waals surface area (Å²) < 4.78 is 11.7. The minimum atomic E-state index is -1.01. The second-order valence-corrected chi connectivity index (χ2v) is 14.0. The zero-order valence-corrected chi connectivity index (χ0v) is 26.6. The molecule has 1 aromatic heterocycles. The van der Waals surface area contributed by atoms with Gasteiger partial charge in [0.05, 0.1) is 13.2 Å². The Morgan fingerprint density at radius 1 is 1.14 bits per heavy atom. The van der Waals surface area contributed by atoms with Crippen molar-refractivity contribution in [2.24, 2.45) is 11.3 Å². The average Bonchev–Trinajstić information content (AvgIpc) is 3.31. The van der Waals surface area contributed by atoms with E-state index in [0.717, 1.165) is 29.5 Å². The van der Waals surface area contributed by atoms with Crippen LogP contribution in [0.2, 0.25) is 0 Å². The van der Waals surface area contributed by atoms with Gasteiger partial charge in [0.25, 0.3) is 5.91 Å². The van der Waals surface area contributed by atoms with Gasteiger partial charge in [-0.2, -0.15) is 0 Å². The molecule has 1 aromatic carbocycles. The number of rotatable bonds is 9. The summed E-state index contributed by atoms with van der Waals surface area (Å²) in [5.41, 5.74) is 3.85. The van der Waals surface area contributed by atoms with Crippen molar-refractivity contribution >= 4 is 11.9 Å². The fourth-order valence-corrected chi connectivity index (χ4v) is 7.48. The summed E-state index contributed by atoms with van der Waals surface area (Å²) >= 11 is 0. The summed E-state index contributed by atoms with van der Waals surface area (Å²) in [7, 11) is 1.63. The summed E-state index contributed by atoms with van der Waals surface area (Å²) in [6.45, 7) is 11.5. The number of pyridine rings is 1. The van der Waals surface area contributed by atoms with Crippen LogP contribution in [0.1, 0.15) is 113 Å². The fraction of sp³-hybridized carbons (Fsp3) is 0.629. The Hall–Kier alpha value is -2.97. The van der Waals surface area contributed by atoms with Gasteiger partial charge < -0.3 is 24.8 Å². The number of ether oxygens (including phenoxy) is 2. The number of aromatic nitrogens is 1. The number of methoxy groups -OCH3 is 1. The highest BCUT2D eigenvalue weighted by Crippen LogP contribution is 2.50. The van der Waals surface area contributed by atoms with Gasteiger partial charge in [-0.25, -0.2) is 9.78 Å². The Bertz CT molecular complexity index is 1290. The van der Waals surface area contributed by atoms with Gasteiger partial charge in [-0.3, -0.25) is 4.79 Å². The Morgan fingerprint density at radius 3 is 2.47 bits per heavy atom. The molecule has 0 bridgehead atoms. The zero-order valence-electron chi connectivity index (χ0n) is 26.6. The molecule has 234 valence electrons. The van der Waals surface area contributed by atoms with E-state index in [4.69, 9.17) is 9.47 Å². The molecule has 8 nitrogen and oxygen atoms in total. The summed E-state index contributed by atoms with van der Waals surface area (Å²) in [6, 6.07) is 8.53. The zero-order chi connectivity index (χ0) is 30.9. The van der Waals surface area contributed by atoms with E-state index in [1.807, 2.05) is 18.3 Å². The van der Waals surface area contributed by atoms with Crippen LogP contribution in [0.25, 0.3) is 0 Å². The van der Waals surface area contributed by atoms with Gasteiger partial charge in [-0.05, 0) is 72.1 Å². The van der Waals surface area contributed by atoms with Crippen LogP contribution < -0.4 is 10.1 Å². The number of likely N-dealkylation sites (tertiary alicyclic amines) is 1. The first-order valence-corrected chi connectivity index (χ1v) is 16.0. The molecule has 1 amide bonds. The van der Waals surface area contributed by atoms with E-state index >= 15 is 0 Å². The second kappa shape index (κ2) is 12.9. The van der Waals surface area contributed by atoms with Crippen LogP contribution in [0.4, 0.5) is 0 Å². The molecule has 2 aliphatic heterocycles. The van der Waals surface area contributed by atoms with E-state index in [1.54, 1.807) is 12.0 Å². The van der Waals surface area contributed by atoms with E-state index in [2.05, 4.69) is 63.1 Å². The largest absolute Gasteiger partial charge is 0.481 e. The van der Waals surface area contributed by atoms with Crippen molar-refractivity contribution in [3.05, 3.63) is 58.8 Å². The molecule has 0 radical (unpaired) electrons. The number of carboxylic acids is 1. The molecule has 5 rings (SSSR count). The fourth-order valence-electron chi connectivity index (χ4n) is 7.48. The van der Waals surface area contributed by atoms with Gasteiger partial charge in [-0.15, -0.1) is 0 Å². The molecule has 3 aliphatic rings. The normalized spacial score (nSPS) is 26.4. The molecule has 2 N–H and O–H groups in total. The maximum absolute atomic E-state index is 14.4. The van der Waals surface area contributed by atoms with Crippen molar-refractivity contribution in [3.8, 4) is 5.88 Å². The van der Waals surface area contributed by atoms with Crippen molar-refractivity contribution in [3.63, 3.8) is 0 Å². The lowest BCUT2D eigenvalue weighted by atomic mass is 9.72. The molecule has 2 aromatic rings. The van der Waals surface area contributed by atoms with Gasteiger partial charge >= 0.3 is 5.97 Å². The number of amides is 1. The Labute approximate surface area is 256 Å². The summed E-state index contributed by atoms with van der Waals surface area (Å²) in [4.78, 5) is 34.0. The lowest BCUT2D eigenvalue weighted by molar-refractivity contribution is -0.159. The van der Waals surface area contributed by atoms with E-state index < -0.39 is 29.6 Å². The molecule has 5 atom stereocenters. The molecule has 43 heavy (non-hydrogen) atoms. The third-order valence-electron chi connectivity index (χ3n) is 9.81. The van der Waals surface area contributed by atoms with Crippen LogP contribution in [0.15, 0.2) is 36.5 Å². The van der Waals surface area contributed by atoms with Crippen LogP contribution in [-0.4, -0.2) is 58.8 Å². The molecular formula is C35H49N3O5. The first-order valence-electron chi connectivity index (χ1n) is 16.0. The number of aliphatic carboxylic acids is 1. The van der Waals surface area contributed by atoms with Crippen molar-refractivity contribution in [1.82, 2.24) is 15.2 Å². The third-order valence-corrected chi connectivity index (χ3v) is 9.81. The van der Waals surface area contributed by atoms with Crippen LogP contribution in [0, 0.1) is 11.3 Å². The number of carbonyl (C=O) groups excluding carboxylic acids is 1. The minimum absolute atomic E-state index is 0.195. The van der Waals surface area contributed by atoms with Crippen molar-refractivity contribution < 1.29 is 24.2 Å². The first-order chi connectivity index (χ1) is 20.5. The highest BCUT2D eigenvalue weighted by atomic mass is 16.5. The SMILES string of the molecule is COc1ncc(C2CCC2)cc1CN[C@H]1[C@H](C(C)(C)C)[C@@H](C(=O)O)N(C(=O)[C@H]2CCCCO2)[C@H]1c1ccccc1C(C)C. The molecule has 3 fully saturated rings. The molecule has 8 heteroatoms. The smallest absolute Gasteiger partial charge is 0.326 e. The van der Waals surface area contributed by atoms with Gasteiger partial charge in [-0.1, -0.05) is 65.3 Å². The molecule has 1 saturated carbocycles. The van der Waals surface area contributed by atoms with Crippen LogP contribution in [0.5, 0.6) is 5.88 Å². The van der Waals surface area contributed by atoms with Gasteiger partial charge in [0, 0.05) is 36.9 Å². The monoisotopic (exact) mass is 591 g/mol. The molecule has 2 saturated heterocycles. The van der Waals surface area contributed by atoms with E-state index in [-0.39, 0.29) is 23.8 Å². The average molecular weight is 592 g/mol. The quantitative estimate of drug-likeness (QED) is 0.358. The Balaban J connectivity index is 1.62. The number of hydrogen-bond acceptors (Lipinski definition) is 6. The Morgan fingerprint density at radius 2 is 1.88 bits per heavy atom. The molecule has 1 aliphatic carbocycles. The Kier molecular flexibility index (Phi) is 9.47. The molecule has 0 unspecified atom stereocenters. The maximum Gasteiger partial charge on any atom is 0.326 e. The highest BCUT2D eigenvalue weighted by Gasteiger charge is 2.59. The maximum atomic E-state index is 14.4. The van der Waals surface area contributed by atoms with Gasteiger partial charge in [0.15, 0.2) is 0 Å². The second-order valence-electron chi connectivity index (χ2n) is 14.0. The molecule has 3 heterocycles. The summed E-state index contributed by atoms with van der Waals surface area (Å²) in [5, 5.41) is 14.6. The first kappa shape index (κ1) is 31.5. The number of hydrogen-bond donors (Lipinski definition) is 2. The van der Waals surface area contributed by atoms with E-state index in [1.165, 1.54) is 24.8 Å². The molecule has 0 spiro atoms. The molecular weight excluding hydrogens is 542 g/mol. The highest BCUT2D eigenvalue weighted by molar-refractivity contribution is 5.88. The predicted molar refractivity (Wildman–Crippen MR) is 166 cm³/mol. The van der Waals surface area contributed by atoms with E-state index in [0.29, 0.717) is 31.4 Å². The van der Waals surface area contributed by atoms with Gasteiger partial charge in [0.1, 0.15) is 12.1 Å². The van der Waals surface area contributed by atoms with Crippen LogP contribution in [-0.2, 0) is 20.9 Å². The predicted octanol–water partition coefficient (Wildman–Crippen LogP) is 6.21. The number of nitrogens with zero attached hydrogens (tertiary/aromatic N) is 2. The van der Waals surface area contributed by atoms with Crippen molar-refractivity contribution in [2.45, 2.75) is 116 Å². The van der Waals surface area contributed by atoms with E-state index in [9.17, 15) is 14.7 Å². The van der Waals surface area contributed by atoms with Crippen LogP contribution >= 0.6 is 0 Å². The topological polar surface area (TPSA) is 101 Å². The van der Waals surface area contributed by atoms with Gasteiger partial charge in [0.2, 0.25) is 5.88 Å². The lowest BCUT2D eigenvalue weighted by Gasteiger charge is -2.36. The number of nitrogens with one attached hydrogen (secondary N) is 1. The summed E-state index contributed by atoms with van der Waals surface area (Å²) in [6.07, 6.45) is 7.28. The standard InChI is InChI=1S/C35H49N3O5/c1-21(2)25-14-7-8-15-26(25)30-29(36-20-24-18-23(22-12-11-13-22)19-37-32(24)42-6)28(35(3,4)5)31(34(40)41)38(30)33(39)27-16-9-10-17-43-27/h7-8,14-15,18-19,21-22,27-31,36H,9-13,16-17,20H2,1-6H3,(H,40,41)/t27-,28+,29+,30+,31+/m1/s1. The van der Waals surface area contributed by atoms with Crippen molar-refractivity contribution in [2.75, 3.05) is 13.7 Å². The summed E-state index contributed by atoms with van der Waals surface area (Å²) in [5.74, 6) is -0.293. The number of carboxylic acid groups (broad SMARTS) is 1. The minimum Gasteiger partial charge on any atom is -0.481 e. The number of carbonyl (C=O) groups is 2. The van der Waals surface area contributed by atoms with Crippen molar-refractivity contribution in [1.29, 1.82) is 0 Å².